The van der Waals surface area contributed by atoms with E-state index in [-0.39, 0.29) is 11.7 Å². The number of aromatic hydroxyl groups is 1. The number of anilines is 1. The molecule has 0 fully saturated rings. The fraction of sp³-hybridized carbons (Fsp3) is 0.111. The average molecular weight is 208 g/mol. The maximum absolute atomic E-state index is 10.8. The molecule has 0 unspecified atom stereocenters. The third-order valence-electron chi connectivity index (χ3n) is 1.77. The van der Waals surface area contributed by atoms with E-state index in [2.05, 4.69) is 9.69 Å². The first-order valence-corrected chi connectivity index (χ1v) is 4.81. The van der Waals surface area contributed by atoms with Crippen molar-refractivity contribution in [2.45, 2.75) is 6.92 Å². The van der Waals surface area contributed by atoms with E-state index in [1.54, 1.807) is 12.1 Å². The predicted molar refractivity (Wildman–Crippen MR) is 55.6 cm³/mol. The van der Waals surface area contributed by atoms with Crippen LogP contribution in [0.15, 0.2) is 18.2 Å². The summed E-state index contributed by atoms with van der Waals surface area (Å²) in [5, 5.41) is 12.7. The molecule has 1 amide bonds. The van der Waals surface area contributed by atoms with E-state index in [4.69, 9.17) is 0 Å². The molecule has 0 bridgehead atoms. The molecule has 2 rings (SSSR count). The molecule has 0 radical (unpaired) electrons. The standard InChI is InChI=1S/C9H8N2O2S/c1-5(12)10-9-8-6(13)3-2-4-7(8)14-11-9/h2-4,13H,1H3,(H,10,11,12). The number of nitrogens with one attached hydrogen (secondary N) is 1. The van der Waals surface area contributed by atoms with Crippen LogP contribution in [0.1, 0.15) is 6.92 Å². The highest BCUT2D eigenvalue weighted by Gasteiger charge is 2.10. The van der Waals surface area contributed by atoms with Gasteiger partial charge in [0.1, 0.15) is 5.75 Å². The zero-order valence-corrected chi connectivity index (χ0v) is 8.26. The van der Waals surface area contributed by atoms with Gasteiger partial charge in [-0.25, -0.2) is 0 Å². The van der Waals surface area contributed by atoms with E-state index in [1.807, 2.05) is 6.07 Å². The number of phenolic OH excluding ortho intramolecular Hbond substituents is 1. The SMILES string of the molecule is CC(=O)Nc1nsc2cccc(O)c12. The summed E-state index contributed by atoms with van der Waals surface area (Å²) in [6.07, 6.45) is 0. The summed E-state index contributed by atoms with van der Waals surface area (Å²) in [5.41, 5.74) is 0. The molecule has 1 heterocycles. The van der Waals surface area contributed by atoms with Gasteiger partial charge in [-0.2, -0.15) is 4.37 Å². The van der Waals surface area contributed by atoms with Crippen LogP contribution >= 0.6 is 11.5 Å². The van der Waals surface area contributed by atoms with Crippen molar-refractivity contribution < 1.29 is 9.90 Å². The molecule has 1 aromatic carbocycles. The molecule has 2 aromatic rings. The first-order valence-electron chi connectivity index (χ1n) is 4.03. The van der Waals surface area contributed by atoms with E-state index in [0.717, 1.165) is 4.70 Å². The Balaban J connectivity index is 2.61. The summed E-state index contributed by atoms with van der Waals surface area (Å²) < 4.78 is 4.90. The number of hydrogen-bond acceptors (Lipinski definition) is 4. The second-order valence-electron chi connectivity index (χ2n) is 2.86. The van der Waals surface area contributed by atoms with Crippen molar-refractivity contribution >= 4 is 33.3 Å². The Labute approximate surface area is 84.3 Å². The van der Waals surface area contributed by atoms with Crippen molar-refractivity contribution in [3.05, 3.63) is 18.2 Å². The Bertz CT molecular complexity index is 493. The quantitative estimate of drug-likeness (QED) is 0.753. The fourth-order valence-electron chi connectivity index (χ4n) is 1.23. The molecule has 0 aliphatic carbocycles. The second kappa shape index (κ2) is 3.26. The molecule has 0 saturated heterocycles. The minimum absolute atomic E-state index is 0.139. The van der Waals surface area contributed by atoms with Crippen LogP contribution in [0, 0.1) is 0 Å². The number of benzene rings is 1. The van der Waals surface area contributed by atoms with E-state index in [1.165, 1.54) is 18.5 Å². The van der Waals surface area contributed by atoms with Gasteiger partial charge in [-0.05, 0) is 23.7 Å². The zero-order valence-electron chi connectivity index (χ0n) is 7.44. The topological polar surface area (TPSA) is 62.2 Å². The van der Waals surface area contributed by atoms with Crippen molar-refractivity contribution in [2.24, 2.45) is 0 Å². The van der Waals surface area contributed by atoms with Crippen LogP contribution < -0.4 is 5.32 Å². The number of hydrogen-bond donors (Lipinski definition) is 2. The molecule has 4 nitrogen and oxygen atoms in total. The van der Waals surface area contributed by atoms with Gasteiger partial charge in [-0.15, -0.1) is 0 Å². The summed E-state index contributed by atoms with van der Waals surface area (Å²) in [4.78, 5) is 10.8. The van der Waals surface area contributed by atoms with Crippen molar-refractivity contribution in [3.8, 4) is 5.75 Å². The monoisotopic (exact) mass is 208 g/mol. The molecule has 0 atom stereocenters. The number of carbonyl (C=O) groups excluding carboxylic acids is 1. The third-order valence-corrected chi connectivity index (χ3v) is 2.58. The van der Waals surface area contributed by atoms with Gasteiger partial charge in [-0.1, -0.05) is 6.07 Å². The maximum Gasteiger partial charge on any atom is 0.222 e. The fourth-order valence-corrected chi connectivity index (χ4v) is 1.98. The van der Waals surface area contributed by atoms with E-state index < -0.39 is 0 Å². The van der Waals surface area contributed by atoms with E-state index in [0.29, 0.717) is 11.2 Å². The minimum Gasteiger partial charge on any atom is -0.507 e. The highest BCUT2D eigenvalue weighted by atomic mass is 32.1. The molecule has 0 aliphatic rings. The van der Waals surface area contributed by atoms with Gasteiger partial charge < -0.3 is 10.4 Å². The van der Waals surface area contributed by atoms with Gasteiger partial charge in [0.05, 0.1) is 10.1 Å². The summed E-state index contributed by atoms with van der Waals surface area (Å²) in [6.45, 7) is 1.41. The Kier molecular flexibility index (Phi) is 2.09. The highest BCUT2D eigenvalue weighted by Crippen LogP contribution is 2.33. The molecule has 0 aliphatic heterocycles. The molecule has 1 aromatic heterocycles. The molecule has 5 heteroatoms. The van der Waals surface area contributed by atoms with E-state index in [9.17, 15) is 9.90 Å². The first kappa shape index (κ1) is 8.96. The number of phenols is 1. The molecule has 2 N–H and O–H groups in total. The Morgan fingerprint density at radius 3 is 3.07 bits per heavy atom. The van der Waals surface area contributed by atoms with Crippen molar-refractivity contribution in [3.63, 3.8) is 0 Å². The first-order chi connectivity index (χ1) is 6.68. The van der Waals surface area contributed by atoms with Crippen LogP contribution in [-0.4, -0.2) is 15.4 Å². The van der Waals surface area contributed by atoms with Crippen LogP contribution in [0.2, 0.25) is 0 Å². The lowest BCUT2D eigenvalue weighted by atomic mass is 10.2. The third kappa shape index (κ3) is 1.42. The number of carbonyl (C=O) groups is 1. The van der Waals surface area contributed by atoms with Crippen molar-refractivity contribution in [1.82, 2.24) is 4.37 Å². The zero-order chi connectivity index (χ0) is 10.1. The summed E-state index contributed by atoms with van der Waals surface area (Å²) in [6, 6.07) is 5.16. The molecule has 72 valence electrons. The largest absolute Gasteiger partial charge is 0.507 e. The normalized spacial score (nSPS) is 10.4. The number of aromatic nitrogens is 1. The maximum atomic E-state index is 10.8. The van der Waals surface area contributed by atoms with Gasteiger partial charge in [0.15, 0.2) is 5.82 Å². The lowest BCUT2D eigenvalue weighted by Gasteiger charge is -1.98. The van der Waals surface area contributed by atoms with Gasteiger partial charge in [0.25, 0.3) is 0 Å². The number of nitrogens with zero attached hydrogens (tertiary/aromatic N) is 1. The highest BCUT2D eigenvalue weighted by molar-refractivity contribution is 7.13. The van der Waals surface area contributed by atoms with Crippen LogP contribution in [0.3, 0.4) is 0 Å². The molecular weight excluding hydrogens is 200 g/mol. The van der Waals surface area contributed by atoms with Crippen LogP contribution in [-0.2, 0) is 4.79 Å². The lowest BCUT2D eigenvalue weighted by molar-refractivity contribution is -0.114. The molecule has 14 heavy (non-hydrogen) atoms. The van der Waals surface area contributed by atoms with E-state index >= 15 is 0 Å². The van der Waals surface area contributed by atoms with Crippen molar-refractivity contribution in [1.29, 1.82) is 0 Å². The minimum atomic E-state index is -0.194. The lowest BCUT2D eigenvalue weighted by Crippen LogP contribution is -2.05. The molecule has 0 spiro atoms. The summed E-state index contributed by atoms with van der Waals surface area (Å²) in [5.74, 6) is 0.371. The van der Waals surface area contributed by atoms with Gasteiger partial charge in [0, 0.05) is 6.92 Å². The number of fused-ring (bicyclic) bond motifs is 1. The van der Waals surface area contributed by atoms with Gasteiger partial charge >= 0.3 is 0 Å². The average Bonchev–Trinajstić information content (AvgIpc) is 2.49. The van der Waals surface area contributed by atoms with Crippen molar-refractivity contribution in [2.75, 3.05) is 5.32 Å². The van der Waals surface area contributed by atoms with Gasteiger partial charge in [-0.3, -0.25) is 4.79 Å². The predicted octanol–water partition coefficient (Wildman–Crippen LogP) is 1.96. The number of amides is 1. The van der Waals surface area contributed by atoms with Crippen LogP contribution in [0.25, 0.3) is 10.1 Å². The van der Waals surface area contributed by atoms with Crippen LogP contribution in [0.5, 0.6) is 5.75 Å². The Morgan fingerprint density at radius 1 is 1.57 bits per heavy atom. The summed E-state index contributed by atoms with van der Waals surface area (Å²) in [7, 11) is 0. The summed E-state index contributed by atoms with van der Waals surface area (Å²) >= 11 is 1.25. The van der Waals surface area contributed by atoms with Gasteiger partial charge in [0.2, 0.25) is 5.91 Å². The molecular formula is C9H8N2O2S. The Morgan fingerprint density at radius 2 is 2.36 bits per heavy atom. The van der Waals surface area contributed by atoms with Crippen LogP contribution in [0.4, 0.5) is 5.82 Å². The Hall–Kier alpha value is -1.62. The second-order valence-corrected chi connectivity index (χ2v) is 3.67. The number of rotatable bonds is 1. The molecule has 0 saturated carbocycles. The smallest absolute Gasteiger partial charge is 0.222 e.